The highest BCUT2D eigenvalue weighted by Crippen LogP contribution is 2.44. The van der Waals surface area contributed by atoms with Crippen molar-refractivity contribution >= 4 is 17.4 Å². The van der Waals surface area contributed by atoms with Crippen molar-refractivity contribution in [3.05, 3.63) is 46.5 Å². The van der Waals surface area contributed by atoms with E-state index in [4.69, 9.17) is 9.47 Å². The van der Waals surface area contributed by atoms with Crippen molar-refractivity contribution in [1.82, 2.24) is 0 Å². The fourth-order valence-corrected chi connectivity index (χ4v) is 3.58. The van der Waals surface area contributed by atoms with Crippen molar-refractivity contribution < 1.29 is 14.3 Å². The Morgan fingerprint density at radius 2 is 1.92 bits per heavy atom. The number of amides is 2. The van der Waals surface area contributed by atoms with Crippen LogP contribution in [0.3, 0.4) is 0 Å². The lowest BCUT2D eigenvalue weighted by molar-refractivity contribution is 0.262. The van der Waals surface area contributed by atoms with Crippen molar-refractivity contribution in [3.8, 4) is 11.5 Å². The molecule has 0 aliphatic carbocycles. The summed E-state index contributed by atoms with van der Waals surface area (Å²) in [7, 11) is 0. The van der Waals surface area contributed by atoms with E-state index >= 15 is 0 Å². The zero-order valence-corrected chi connectivity index (χ0v) is 14.6. The van der Waals surface area contributed by atoms with Crippen molar-refractivity contribution in [2.75, 3.05) is 23.8 Å². The van der Waals surface area contributed by atoms with Gasteiger partial charge in [0.05, 0.1) is 18.9 Å². The minimum Gasteiger partial charge on any atom is -0.493 e. The Morgan fingerprint density at radius 1 is 1.12 bits per heavy atom. The normalized spacial score (nSPS) is 14.3. The number of hydrogen-bond donors (Lipinski definition) is 2. The number of aryl methyl sites for hydroxylation is 2. The maximum Gasteiger partial charge on any atom is 0.323 e. The number of nitrogens with one attached hydrogen (secondary N) is 2. The van der Waals surface area contributed by atoms with Crippen LogP contribution in [0.25, 0.3) is 0 Å². The smallest absolute Gasteiger partial charge is 0.323 e. The Bertz CT molecular complexity index is 813. The molecule has 2 N–H and O–H groups in total. The third kappa shape index (κ3) is 2.80. The summed E-state index contributed by atoms with van der Waals surface area (Å²) >= 11 is 0. The van der Waals surface area contributed by atoms with Gasteiger partial charge < -0.3 is 20.1 Å². The molecule has 5 heteroatoms. The van der Waals surface area contributed by atoms with E-state index in [-0.39, 0.29) is 6.03 Å². The molecule has 0 aromatic heterocycles. The molecule has 0 saturated carbocycles. The topological polar surface area (TPSA) is 59.6 Å². The van der Waals surface area contributed by atoms with Gasteiger partial charge in [0.15, 0.2) is 0 Å². The second-order valence-corrected chi connectivity index (χ2v) is 6.46. The van der Waals surface area contributed by atoms with Crippen LogP contribution >= 0.6 is 0 Å². The molecule has 2 aliphatic heterocycles. The summed E-state index contributed by atoms with van der Waals surface area (Å²) in [5.74, 6) is 1.66. The van der Waals surface area contributed by atoms with Crippen molar-refractivity contribution in [2.24, 2.45) is 0 Å². The van der Waals surface area contributed by atoms with Crippen LogP contribution in [0, 0.1) is 6.92 Å². The third-order valence-corrected chi connectivity index (χ3v) is 4.87. The summed E-state index contributed by atoms with van der Waals surface area (Å²) in [6, 6.07) is 7.85. The predicted octanol–water partition coefficient (Wildman–Crippen LogP) is 4.07. The first kappa shape index (κ1) is 15.8. The molecule has 25 heavy (non-hydrogen) atoms. The molecular formula is C20H22N2O3. The first-order valence-electron chi connectivity index (χ1n) is 8.78. The lowest BCUT2D eigenvalue weighted by Gasteiger charge is -2.17. The van der Waals surface area contributed by atoms with E-state index in [2.05, 4.69) is 17.6 Å². The highest BCUT2D eigenvalue weighted by atomic mass is 16.5. The number of hydrogen-bond acceptors (Lipinski definition) is 3. The molecule has 2 heterocycles. The molecule has 2 amide bonds. The Kier molecular flexibility index (Phi) is 3.99. The molecule has 2 aromatic carbocycles. The van der Waals surface area contributed by atoms with Gasteiger partial charge in [-0.05, 0) is 30.5 Å². The molecule has 130 valence electrons. The van der Waals surface area contributed by atoms with Gasteiger partial charge in [0.2, 0.25) is 0 Å². The van der Waals surface area contributed by atoms with Gasteiger partial charge in [0.1, 0.15) is 11.5 Å². The number of benzene rings is 2. The summed E-state index contributed by atoms with van der Waals surface area (Å²) in [5, 5.41) is 6.03. The maximum absolute atomic E-state index is 12.7. The van der Waals surface area contributed by atoms with E-state index in [1.165, 1.54) is 0 Å². The van der Waals surface area contributed by atoms with Gasteiger partial charge >= 0.3 is 6.03 Å². The Labute approximate surface area is 147 Å². The maximum atomic E-state index is 12.7. The molecule has 0 unspecified atom stereocenters. The number of rotatable bonds is 3. The second kappa shape index (κ2) is 6.31. The fourth-order valence-electron chi connectivity index (χ4n) is 3.58. The third-order valence-electron chi connectivity index (χ3n) is 4.87. The number of urea groups is 1. The minimum absolute atomic E-state index is 0.248. The lowest BCUT2D eigenvalue weighted by atomic mass is 10.0. The number of para-hydroxylation sites is 1. The minimum atomic E-state index is -0.248. The number of ether oxygens (including phenoxy) is 2. The molecule has 0 radical (unpaired) electrons. The van der Waals surface area contributed by atoms with Gasteiger partial charge in [-0.3, -0.25) is 0 Å². The van der Waals surface area contributed by atoms with Crippen LogP contribution in [0.2, 0.25) is 0 Å². The molecule has 0 spiro atoms. The van der Waals surface area contributed by atoms with E-state index < -0.39 is 0 Å². The van der Waals surface area contributed by atoms with Crippen LogP contribution in [-0.2, 0) is 19.3 Å². The highest BCUT2D eigenvalue weighted by molar-refractivity contribution is 6.02. The zero-order chi connectivity index (χ0) is 17.4. The molecule has 0 atom stereocenters. The van der Waals surface area contributed by atoms with E-state index in [0.29, 0.717) is 13.2 Å². The summed E-state index contributed by atoms with van der Waals surface area (Å²) in [6.45, 7) is 5.38. The van der Waals surface area contributed by atoms with Gasteiger partial charge in [-0.15, -0.1) is 0 Å². The first-order valence-corrected chi connectivity index (χ1v) is 8.78. The second-order valence-electron chi connectivity index (χ2n) is 6.46. The molecule has 4 rings (SSSR count). The van der Waals surface area contributed by atoms with E-state index in [9.17, 15) is 4.79 Å². The quantitative estimate of drug-likeness (QED) is 0.887. The first-order chi connectivity index (χ1) is 12.2. The standard InChI is InChI=1S/C20H22N2O3/c1-3-13-6-4-5-12(2)17(13)21-20(23)22-18-15-8-10-24-16(15)11-14-7-9-25-19(14)18/h4-6,11H,3,7-10H2,1-2H3,(H2,21,22,23). The molecular weight excluding hydrogens is 316 g/mol. The van der Waals surface area contributed by atoms with Gasteiger partial charge in [-0.25, -0.2) is 4.79 Å². The fraction of sp³-hybridized carbons (Fsp3) is 0.350. The van der Waals surface area contributed by atoms with Crippen molar-refractivity contribution in [2.45, 2.75) is 33.1 Å². The molecule has 2 aliphatic rings. The molecule has 0 saturated heterocycles. The highest BCUT2D eigenvalue weighted by Gasteiger charge is 2.27. The number of fused-ring (bicyclic) bond motifs is 2. The van der Waals surface area contributed by atoms with Gasteiger partial charge in [-0.1, -0.05) is 25.1 Å². The molecule has 0 fully saturated rings. The number of carbonyl (C=O) groups excluding carboxylic acids is 1. The Hall–Kier alpha value is -2.69. The average molecular weight is 338 g/mol. The van der Waals surface area contributed by atoms with Crippen LogP contribution in [0.4, 0.5) is 16.2 Å². The summed E-state index contributed by atoms with van der Waals surface area (Å²) < 4.78 is 11.5. The van der Waals surface area contributed by atoms with Crippen LogP contribution in [0.1, 0.15) is 29.2 Å². The molecule has 5 nitrogen and oxygen atoms in total. The van der Waals surface area contributed by atoms with Gasteiger partial charge in [0, 0.05) is 29.7 Å². The number of carbonyl (C=O) groups is 1. The average Bonchev–Trinajstić information content (AvgIpc) is 3.25. The Balaban J connectivity index is 1.63. The summed E-state index contributed by atoms with van der Waals surface area (Å²) in [6.07, 6.45) is 2.50. The zero-order valence-electron chi connectivity index (χ0n) is 14.6. The van der Waals surface area contributed by atoms with Crippen LogP contribution in [-0.4, -0.2) is 19.2 Å². The van der Waals surface area contributed by atoms with E-state index in [0.717, 1.165) is 64.4 Å². The monoisotopic (exact) mass is 338 g/mol. The number of anilines is 2. The van der Waals surface area contributed by atoms with Gasteiger partial charge in [-0.2, -0.15) is 0 Å². The lowest BCUT2D eigenvalue weighted by Crippen LogP contribution is -2.22. The predicted molar refractivity (Wildman–Crippen MR) is 98.0 cm³/mol. The molecule has 2 aromatic rings. The largest absolute Gasteiger partial charge is 0.493 e. The van der Waals surface area contributed by atoms with E-state index in [1.807, 2.05) is 31.2 Å². The van der Waals surface area contributed by atoms with Crippen molar-refractivity contribution in [3.63, 3.8) is 0 Å². The van der Waals surface area contributed by atoms with Crippen molar-refractivity contribution in [1.29, 1.82) is 0 Å². The van der Waals surface area contributed by atoms with E-state index in [1.54, 1.807) is 0 Å². The van der Waals surface area contributed by atoms with Gasteiger partial charge in [0.25, 0.3) is 0 Å². The summed E-state index contributed by atoms with van der Waals surface area (Å²) in [5.41, 5.74) is 5.93. The van der Waals surface area contributed by atoms with Crippen LogP contribution in [0.5, 0.6) is 11.5 Å². The van der Waals surface area contributed by atoms with Crippen LogP contribution in [0.15, 0.2) is 24.3 Å². The van der Waals surface area contributed by atoms with Crippen LogP contribution < -0.4 is 20.1 Å². The summed E-state index contributed by atoms with van der Waals surface area (Å²) in [4.78, 5) is 12.7. The SMILES string of the molecule is CCc1cccc(C)c1NC(=O)Nc1c2c(cc3c1OCC3)OCC2. The molecule has 0 bridgehead atoms. The Morgan fingerprint density at radius 3 is 2.76 bits per heavy atom.